The van der Waals surface area contributed by atoms with Gasteiger partial charge in [0.1, 0.15) is 5.82 Å². The van der Waals surface area contributed by atoms with Gasteiger partial charge in [-0.15, -0.1) is 0 Å². The molecule has 2 heterocycles. The lowest BCUT2D eigenvalue weighted by Gasteiger charge is -2.28. The quantitative estimate of drug-likeness (QED) is 0.761. The molecule has 0 aliphatic heterocycles. The highest BCUT2D eigenvalue weighted by Gasteiger charge is 2.31. The fourth-order valence-electron chi connectivity index (χ4n) is 3.26. The smallest absolute Gasteiger partial charge is 0.226 e. The van der Waals surface area contributed by atoms with Gasteiger partial charge in [-0.05, 0) is 31.6 Å². The summed E-state index contributed by atoms with van der Waals surface area (Å²) in [5.41, 5.74) is 1.21. The average molecular weight is 288 g/mol. The van der Waals surface area contributed by atoms with Gasteiger partial charge in [-0.1, -0.05) is 19.8 Å². The molecular weight excluding hydrogens is 264 g/mol. The summed E-state index contributed by atoms with van der Waals surface area (Å²) < 4.78 is 0. The van der Waals surface area contributed by atoms with Gasteiger partial charge in [-0.25, -0.2) is 0 Å². The van der Waals surface area contributed by atoms with Crippen LogP contribution in [-0.2, 0) is 0 Å². The molecule has 0 spiro atoms. The molecular formula is C15H24N6. The van der Waals surface area contributed by atoms with Crippen LogP contribution < -0.4 is 10.6 Å². The van der Waals surface area contributed by atoms with Crippen LogP contribution in [0.5, 0.6) is 0 Å². The second-order valence-electron chi connectivity index (χ2n) is 5.97. The summed E-state index contributed by atoms with van der Waals surface area (Å²) in [7, 11) is 0. The van der Waals surface area contributed by atoms with Crippen molar-refractivity contribution in [1.29, 1.82) is 0 Å². The largest absolute Gasteiger partial charge is 0.369 e. The summed E-state index contributed by atoms with van der Waals surface area (Å²) in [4.78, 5) is 9.02. The summed E-state index contributed by atoms with van der Waals surface area (Å²) in [6.07, 6.45) is 8.35. The van der Waals surface area contributed by atoms with Crippen molar-refractivity contribution in [2.45, 2.75) is 46.0 Å². The molecule has 2 aromatic heterocycles. The summed E-state index contributed by atoms with van der Waals surface area (Å²) in [5.74, 6) is 1.53. The summed E-state index contributed by atoms with van der Waals surface area (Å²) in [6, 6.07) is 0. The zero-order valence-corrected chi connectivity index (χ0v) is 12.9. The number of anilines is 2. The molecule has 0 atom stereocenters. The molecule has 0 unspecified atom stereocenters. The maximum atomic E-state index is 4.60. The first-order valence-electron chi connectivity index (χ1n) is 7.95. The normalized spacial score (nSPS) is 17.2. The molecule has 2 aromatic rings. The Morgan fingerprint density at radius 1 is 1.19 bits per heavy atom. The highest BCUT2D eigenvalue weighted by atomic mass is 15.2. The van der Waals surface area contributed by atoms with E-state index in [0.717, 1.165) is 29.9 Å². The van der Waals surface area contributed by atoms with Crippen LogP contribution in [0.15, 0.2) is 6.20 Å². The molecule has 0 radical (unpaired) electrons. The fraction of sp³-hybridized carbons (Fsp3) is 0.667. The van der Waals surface area contributed by atoms with E-state index in [2.05, 4.69) is 37.7 Å². The van der Waals surface area contributed by atoms with Gasteiger partial charge in [0.25, 0.3) is 0 Å². The molecule has 1 fully saturated rings. The zero-order chi connectivity index (χ0) is 14.7. The standard InChI is InChI=1S/C15H24N6/c1-3-15(7-5-6-8-15)10-17-12-11-9-18-21-13(11)20-14(19-12)16-4-2/h9H,3-8,10H2,1-2H3,(H3,16,17,18,19,20,21). The van der Waals surface area contributed by atoms with Crippen molar-refractivity contribution >= 4 is 22.8 Å². The average Bonchev–Trinajstić information content (AvgIpc) is 3.15. The van der Waals surface area contributed by atoms with Crippen LogP contribution in [0, 0.1) is 5.41 Å². The van der Waals surface area contributed by atoms with Crippen molar-refractivity contribution in [3.05, 3.63) is 6.20 Å². The van der Waals surface area contributed by atoms with Crippen LogP contribution in [0.1, 0.15) is 46.0 Å². The molecule has 3 rings (SSSR count). The van der Waals surface area contributed by atoms with Crippen molar-refractivity contribution in [1.82, 2.24) is 20.2 Å². The highest BCUT2D eigenvalue weighted by Crippen LogP contribution is 2.41. The number of aromatic amines is 1. The molecule has 114 valence electrons. The lowest BCUT2D eigenvalue weighted by molar-refractivity contribution is 0.306. The first-order valence-corrected chi connectivity index (χ1v) is 7.95. The van der Waals surface area contributed by atoms with Gasteiger partial charge in [0.2, 0.25) is 5.95 Å². The Kier molecular flexibility index (Phi) is 3.94. The van der Waals surface area contributed by atoms with E-state index in [0.29, 0.717) is 11.4 Å². The predicted molar refractivity (Wildman–Crippen MR) is 85.5 cm³/mol. The number of H-pyrrole nitrogens is 1. The van der Waals surface area contributed by atoms with Crippen molar-refractivity contribution in [3.8, 4) is 0 Å². The van der Waals surface area contributed by atoms with Crippen molar-refractivity contribution in [2.24, 2.45) is 5.41 Å². The number of rotatable bonds is 6. The van der Waals surface area contributed by atoms with Gasteiger partial charge in [-0.3, -0.25) is 5.10 Å². The molecule has 21 heavy (non-hydrogen) atoms. The first kappa shape index (κ1) is 14.1. The number of hydrogen-bond acceptors (Lipinski definition) is 5. The van der Waals surface area contributed by atoms with Gasteiger partial charge >= 0.3 is 0 Å². The van der Waals surface area contributed by atoms with E-state index < -0.39 is 0 Å². The van der Waals surface area contributed by atoms with E-state index in [4.69, 9.17) is 0 Å². The Morgan fingerprint density at radius 3 is 2.71 bits per heavy atom. The molecule has 0 bridgehead atoms. The lowest BCUT2D eigenvalue weighted by atomic mass is 9.83. The van der Waals surface area contributed by atoms with Crippen LogP contribution >= 0.6 is 0 Å². The molecule has 1 aliphatic rings. The van der Waals surface area contributed by atoms with E-state index >= 15 is 0 Å². The van der Waals surface area contributed by atoms with Crippen LogP contribution in [0.4, 0.5) is 11.8 Å². The minimum absolute atomic E-state index is 0.430. The first-order chi connectivity index (χ1) is 10.3. The van der Waals surface area contributed by atoms with Crippen LogP contribution in [-0.4, -0.2) is 33.3 Å². The van der Waals surface area contributed by atoms with Crippen molar-refractivity contribution in [2.75, 3.05) is 23.7 Å². The molecule has 3 N–H and O–H groups in total. The molecule has 6 nitrogen and oxygen atoms in total. The van der Waals surface area contributed by atoms with Gasteiger partial charge in [-0.2, -0.15) is 15.1 Å². The van der Waals surface area contributed by atoms with E-state index in [1.807, 2.05) is 6.92 Å². The highest BCUT2D eigenvalue weighted by molar-refractivity contribution is 5.86. The Labute approximate surface area is 125 Å². The number of nitrogens with zero attached hydrogens (tertiary/aromatic N) is 3. The number of nitrogens with one attached hydrogen (secondary N) is 3. The van der Waals surface area contributed by atoms with Crippen LogP contribution in [0.2, 0.25) is 0 Å². The third-order valence-electron chi connectivity index (χ3n) is 4.69. The second kappa shape index (κ2) is 5.87. The van der Waals surface area contributed by atoms with E-state index in [9.17, 15) is 0 Å². The molecule has 6 heteroatoms. The van der Waals surface area contributed by atoms with Gasteiger partial charge in [0, 0.05) is 13.1 Å². The number of aromatic nitrogens is 4. The molecule has 0 amide bonds. The number of fused-ring (bicyclic) bond motifs is 1. The summed E-state index contributed by atoms with van der Waals surface area (Å²) in [5, 5.41) is 14.7. The third kappa shape index (κ3) is 2.80. The summed E-state index contributed by atoms with van der Waals surface area (Å²) in [6.45, 7) is 6.12. The second-order valence-corrected chi connectivity index (χ2v) is 5.97. The Hall–Kier alpha value is -1.85. The zero-order valence-electron chi connectivity index (χ0n) is 12.9. The number of hydrogen-bond donors (Lipinski definition) is 3. The van der Waals surface area contributed by atoms with Crippen LogP contribution in [0.25, 0.3) is 11.0 Å². The van der Waals surface area contributed by atoms with E-state index in [1.165, 1.54) is 32.1 Å². The van der Waals surface area contributed by atoms with Gasteiger partial charge in [0.05, 0.1) is 11.6 Å². The van der Waals surface area contributed by atoms with Crippen molar-refractivity contribution < 1.29 is 0 Å². The molecule has 0 aromatic carbocycles. The molecule has 1 aliphatic carbocycles. The minimum Gasteiger partial charge on any atom is -0.369 e. The Bertz CT molecular complexity index is 599. The monoisotopic (exact) mass is 288 g/mol. The maximum absolute atomic E-state index is 4.60. The Morgan fingerprint density at radius 2 is 2.00 bits per heavy atom. The van der Waals surface area contributed by atoms with Gasteiger partial charge in [0.15, 0.2) is 5.65 Å². The van der Waals surface area contributed by atoms with Crippen molar-refractivity contribution in [3.63, 3.8) is 0 Å². The van der Waals surface area contributed by atoms with Crippen LogP contribution in [0.3, 0.4) is 0 Å². The molecule has 1 saturated carbocycles. The Balaban J connectivity index is 1.83. The topological polar surface area (TPSA) is 78.5 Å². The SMILES string of the molecule is CCNc1nc(NCC2(CC)CCCC2)c2cn[nH]c2n1. The molecule has 0 saturated heterocycles. The van der Waals surface area contributed by atoms with E-state index in [-0.39, 0.29) is 0 Å². The van der Waals surface area contributed by atoms with Gasteiger partial charge < -0.3 is 10.6 Å². The predicted octanol–water partition coefficient (Wildman–Crippen LogP) is 3.17. The van der Waals surface area contributed by atoms with E-state index in [1.54, 1.807) is 6.20 Å². The maximum Gasteiger partial charge on any atom is 0.226 e. The fourth-order valence-corrected chi connectivity index (χ4v) is 3.26. The minimum atomic E-state index is 0.430. The summed E-state index contributed by atoms with van der Waals surface area (Å²) >= 11 is 0. The third-order valence-corrected chi connectivity index (χ3v) is 4.69. The lowest BCUT2D eigenvalue weighted by Crippen LogP contribution is -2.26.